The second-order valence-electron chi connectivity index (χ2n) is 11.5. The van der Waals surface area contributed by atoms with Gasteiger partial charge >= 0.3 is 11.8 Å². The van der Waals surface area contributed by atoms with E-state index < -0.39 is 20.1 Å². The number of rotatable bonds is 18. The van der Waals surface area contributed by atoms with E-state index in [9.17, 15) is 9.59 Å². The lowest BCUT2D eigenvalue weighted by Gasteiger charge is -2.43. The van der Waals surface area contributed by atoms with E-state index in [1.165, 1.54) is 29.6 Å². The van der Waals surface area contributed by atoms with Crippen molar-refractivity contribution in [2.45, 2.75) is 96.9 Å². The molecule has 0 fully saturated rings. The van der Waals surface area contributed by atoms with Gasteiger partial charge in [-0.05, 0) is 60.4 Å². The zero-order valence-corrected chi connectivity index (χ0v) is 26.3. The van der Waals surface area contributed by atoms with Crippen LogP contribution < -0.4 is 21.0 Å². The van der Waals surface area contributed by atoms with Crippen molar-refractivity contribution in [2.75, 3.05) is 19.7 Å². The Hall–Kier alpha value is -2.70. The Morgan fingerprint density at radius 2 is 1.18 bits per heavy atom. The second-order valence-corrected chi connectivity index (χ2v) is 15.9. The molecule has 0 heterocycles. The summed E-state index contributed by atoms with van der Waals surface area (Å²) in [5.74, 6) is -1.05. The monoisotopic (exact) mass is 564 g/mol. The molecular weight excluding hydrogens is 512 g/mol. The quantitative estimate of drug-likeness (QED) is 0.0970. The van der Waals surface area contributed by atoms with Crippen LogP contribution in [0.15, 0.2) is 72.8 Å². The normalized spacial score (nSPS) is 12.0. The third kappa shape index (κ3) is 11.1. The Balaban J connectivity index is 1.64. The van der Waals surface area contributed by atoms with Gasteiger partial charge in [-0.15, -0.1) is 0 Å². The summed E-state index contributed by atoms with van der Waals surface area (Å²) in [6, 6.07) is 21.7. The predicted octanol–water partition coefficient (Wildman–Crippen LogP) is 6.27. The van der Waals surface area contributed by atoms with Gasteiger partial charge in [0.15, 0.2) is 0 Å². The molecule has 2 amide bonds. The van der Waals surface area contributed by atoms with Crippen LogP contribution in [0.5, 0.6) is 0 Å². The molecule has 2 aromatic rings. The van der Waals surface area contributed by atoms with Crippen LogP contribution in [0.4, 0.5) is 0 Å². The molecule has 0 bridgehead atoms. The number of benzene rings is 2. The molecule has 220 valence electrons. The molecule has 0 saturated carbocycles. The minimum absolute atomic E-state index is 0.0228. The summed E-state index contributed by atoms with van der Waals surface area (Å²) in [5, 5.41) is 8.04. The average molecular weight is 565 g/mol. The highest BCUT2D eigenvalue weighted by Gasteiger charge is 2.49. The van der Waals surface area contributed by atoms with Crippen molar-refractivity contribution in [3.8, 4) is 0 Å². The smallest absolute Gasteiger partial charge is 0.309 e. The number of hydrogen-bond acceptors (Lipinski definition) is 3. The Morgan fingerprint density at radius 1 is 0.700 bits per heavy atom. The summed E-state index contributed by atoms with van der Waals surface area (Å²) in [7, 11) is -2.42. The number of amides is 2. The summed E-state index contributed by atoms with van der Waals surface area (Å²) >= 11 is 0. The van der Waals surface area contributed by atoms with Gasteiger partial charge in [-0.1, -0.05) is 120 Å². The first kappa shape index (κ1) is 33.5. The van der Waals surface area contributed by atoms with Crippen molar-refractivity contribution in [3.63, 3.8) is 0 Å². The molecular formula is C34H52N2O3Si. The van der Waals surface area contributed by atoms with Gasteiger partial charge in [-0.3, -0.25) is 9.59 Å². The third-order valence-electron chi connectivity index (χ3n) is 7.27. The molecule has 0 radical (unpaired) electrons. The lowest BCUT2D eigenvalue weighted by molar-refractivity contribution is -0.139. The molecule has 40 heavy (non-hydrogen) atoms. The molecule has 2 rings (SSSR count). The number of hydrogen-bond donors (Lipinski definition) is 2. The SMILES string of the molecule is CCCCNC(=O)C(=O)NCCCC/C=C\CCCCCCO[Si](c1ccccc1)(c1ccccc1)C(C)(C)C. The topological polar surface area (TPSA) is 67.4 Å². The Labute approximate surface area is 244 Å². The van der Waals surface area contributed by atoms with Gasteiger partial charge in [0.2, 0.25) is 0 Å². The van der Waals surface area contributed by atoms with E-state index >= 15 is 0 Å². The van der Waals surface area contributed by atoms with Crippen molar-refractivity contribution in [3.05, 3.63) is 72.8 Å². The molecule has 0 spiro atoms. The Morgan fingerprint density at radius 3 is 1.68 bits per heavy atom. The summed E-state index contributed by atoms with van der Waals surface area (Å²) < 4.78 is 6.98. The van der Waals surface area contributed by atoms with Gasteiger partial charge in [0.1, 0.15) is 0 Å². The molecule has 6 heteroatoms. The zero-order valence-electron chi connectivity index (χ0n) is 25.3. The minimum atomic E-state index is -2.42. The summed E-state index contributed by atoms with van der Waals surface area (Å²) in [6.07, 6.45) is 15.1. The van der Waals surface area contributed by atoms with E-state index in [2.05, 4.69) is 111 Å². The fraction of sp³-hybridized carbons (Fsp3) is 0.529. The Bertz CT molecular complexity index is 963. The van der Waals surface area contributed by atoms with Crippen molar-refractivity contribution >= 4 is 30.5 Å². The van der Waals surface area contributed by atoms with E-state index in [1.54, 1.807) is 0 Å². The van der Waals surface area contributed by atoms with Crippen LogP contribution >= 0.6 is 0 Å². The molecule has 5 nitrogen and oxygen atoms in total. The number of nitrogens with one attached hydrogen (secondary N) is 2. The van der Waals surface area contributed by atoms with Crippen LogP contribution in [-0.4, -0.2) is 39.8 Å². The van der Waals surface area contributed by atoms with Gasteiger partial charge in [0, 0.05) is 19.7 Å². The van der Waals surface area contributed by atoms with Crippen molar-refractivity contribution in [1.29, 1.82) is 0 Å². The van der Waals surface area contributed by atoms with Gasteiger partial charge in [-0.2, -0.15) is 0 Å². The van der Waals surface area contributed by atoms with Crippen LogP contribution in [-0.2, 0) is 14.0 Å². The van der Waals surface area contributed by atoms with Crippen LogP contribution in [0.3, 0.4) is 0 Å². The number of carbonyl (C=O) groups excluding carboxylic acids is 2. The highest BCUT2D eigenvalue weighted by Crippen LogP contribution is 2.36. The van der Waals surface area contributed by atoms with Crippen LogP contribution in [0.1, 0.15) is 91.9 Å². The lowest BCUT2D eigenvalue weighted by atomic mass is 10.1. The van der Waals surface area contributed by atoms with Crippen molar-refractivity contribution in [1.82, 2.24) is 10.6 Å². The van der Waals surface area contributed by atoms with E-state index in [0.717, 1.165) is 51.6 Å². The lowest BCUT2D eigenvalue weighted by Crippen LogP contribution is -2.66. The second kappa shape index (κ2) is 18.6. The first-order valence-corrected chi connectivity index (χ1v) is 17.2. The molecule has 0 aliphatic rings. The zero-order chi connectivity index (χ0) is 29.1. The maximum atomic E-state index is 11.7. The maximum absolute atomic E-state index is 11.7. The van der Waals surface area contributed by atoms with E-state index in [4.69, 9.17) is 4.43 Å². The molecule has 2 N–H and O–H groups in total. The Kier molecular flexibility index (Phi) is 15.6. The minimum Gasteiger partial charge on any atom is -0.407 e. The molecule has 0 aromatic heterocycles. The van der Waals surface area contributed by atoms with E-state index in [1.807, 2.05) is 0 Å². The third-order valence-corrected chi connectivity index (χ3v) is 12.3. The fourth-order valence-electron chi connectivity index (χ4n) is 5.07. The average Bonchev–Trinajstić information content (AvgIpc) is 2.95. The summed E-state index contributed by atoms with van der Waals surface area (Å²) in [4.78, 5) is 23.3. The van der Waals surface area contributed by atoms with Crippen LogP contribution in [0, 0.1) is 0 Å². The fourth-order valence-corrected chi connectivity index (χ4v) is 9.67. The highest BCUT2D eigenvalue weighted by molar-refractivity contribution is 6.99. The molecule has 0 saturated heterocycles. The van der Waals surface area contributed by atoms with Gasteiger partial charge in [0.25, 0.3) is 8.32 Å². The number of allylic oxidation sites excluding steroid dienone is 2. The number of carbonyl (C=O) groups is 2. The number of unbranched alkanes of at least 4 members (excludes halogenated alkanes) is 7. The molecule has 0 atom stereocenters. The predicted molar refractivity (Wildman–Crippen MR) is 171 cm³/mol. The molecule has 0 aliphatic carbocycles. The van der Waals surface area contributed by atoms with Gasteiger partial charge in [-0.25, -0.2) is 0 Å². The van der Waals surface area contributed by atoms with Crippen molar-refractivity contribution in [2.24, 2.45) is 0 Å². The van der Waals surface area contributed by atoms with Gasteiger partial charge < -0.3 is 15.1 Å². The summed E-state index contributed by atoms with van der Waals surface area (Å²) in [5.41, 5.74) is 0. The van der Waals surface area contributed by atoms with Crippen LogP contribution in [0.2, 0.25) is 5.04 Å². The van der Waals surface area contributed by atoms with Gasteiger partial charge in [0.05, 0.1) is 0 Å². The largest absolute Gasteiger partial charge is 0.407 e. The highest BCUT2D eigenvalue weighted by atomic mass is 28.4. The first-order valence-electron chi connectivity index (χ1n) is 15.3. The van der Waals surface area contributed by atoms with Crippen molar-refractivity contribution < 1.29 is 14.0 Å². The summed E-state index contributed by atoms with van der Waals surface area (Å²) in [6.45, 7) is 10.9. The maximum Gasteiger partial charge on any atom is 0.309 e. The first-order chi connectivity index (χ1) is 19.3. The van der Waals surface area contributed by atoms with E-state index in [0.29, 0.717) is 13.1 Å². The molecule has 0 aliphatic heterocycles. The van der Waals surface area contributed by atoms with Crippen LogP contribution in [0.25, 0.3) is 0 Å². The van der Waals surface area contributed by atoms with E-state index in [-0.39, 0.29) is 5.04 Å². The molecule has 0 unspecified atom stereocenters. The standard InChI is InChI=1S/C34H52N2O3Si/c1-5-6-27-35-32(37)33(38)36-28-21-13-11-9-7-8-10-12-14-22-29-39-40(34(2,3)4,30-23-17-15-18-24-30)31-25-19-16-20-26-31/h7,9,15-20,23-26H,5-6,8,10-14,21-22,27-29H2,1-4H3,(H,35,37)(H,36,38)/b9-7-. The molecule has 2 aromatic carbocycles.